The van der Waals surface area contributed by atoms with Gasteiger partial charge in [-0.15, -0.1) is 5.10 Å². The second-order valence-electron chi connectivity index (χ2n) is 6.04. The lowest BCUT2D eigenvalue weighted by molar-refractivity contribution is 0.625. The zero-order valence-corrected chi connectivity index (χ0v) is 11.5. The van der Waals surface area contributed by atoms with Crippen molar-refractivity contribution >= 4 is 11.6 Å². The molecule has 0 fully saturated rings. The quantitative estimate of drug-likeness (QED) is 0.849. The van der Waals surface area contributed by atoms with Crippen LogP contribution in [-0.2, 0) is 12.8 Å². The molecule has 2 aromatic heterocycles. The van der Waals surface area contributed by atoms with Crippen molar-refractivity contribution in [1.82, 2.24) is 14.6 Å². The van der Waals surface area contributed by atoms with Crippen molar-refractivity contribution in [1.29, 1.82) is 5.26 Å². The molecule has 0 atom stereocenters. The molecular weight excluding hydrogens is 238 g/mol. The highest BCUT2D eigenvalue weighted by Gasteiger charge is 2.21. The van der Waals surface area contributed by atoms with Crippen LogP contribution >= 0.6 is 0 Å². The number of hydrogen-bond acceptors (Lipinski definition) is 4. The molecule has 0 saturated carbocycles. The number of anilines is 1. The number of hydrogen-bond donors (Lipinski definition) is 1. The minimum absolute atomic E-state index is 0.0963. The second kappa shape index (κ2) is 3.95. The van der Waals surface area contributed by atoms with E-state index in [1.807, 2.05) is 10.6 Å². The Morgan fingerprint density at radius 1 is 1.37 bits per heavy atom. The van der Waals surface area contributed by atoms with Crippen molar-refractivity contribution in [2.24, 2.45) is 0 Å². The maximum atomic E-state index is 9.26. The standard InChI is InChI=1S/C14H17N5/c1-14(2,3)17-13-16-12-10(8-15)7-9-5-4-6-11(9)19(12)18-13/h7H,4-6H2,1-3H3,(H,17,18). The van der Waals surface area contributed by atoms with Crippen LogP contribution in [0, 0.1) is 11.3 Å². The normalized spacial score (nSPS) is 14.4. The van der Waals surface area contributed by atoms with E-state index in [0.29, 0.717) is 17.2 Å². The third-order valence-corrected chi connectivity index (χ3v) is 3.26. The number of pyridine rings is 1. The van der Waals surface area contributed by atoms with Crippen molar-refractivity contribution in [3.63, 3.8) is 0 Å². The molecule has 1 aliphatic carbocycles. The first-order chi connectivity index (χ1) is 8.98. The molecule has 1 N–H and O–H groups in total. The molecule has 0 aromatic carbocycles. The van der Waals surface area contributed by atoms with Crippen molar-refractivity contribution < 1.29 is 0 Å². The third-order valence-electron chi connectivity index (χ3n) is 3.26. The fourth-order valence-electron chi connectivity index (χ4n) is 2.53. The molecule has 98 valence electrons. The lowest BCUT2D eigenvalue weighted by atomic mass is 10.1. The number of aromatic nitrogens is 3. The van der Waals surface area contributed by atoms with Crippen LogP contribution in [0.2, 0.25) is 0 Å². The van der Waals surface area contributed by atoms with E-state index in [0.717, 1.165) is 19.3 Å². The highest BCUT2D eigenvalue weighted by Crippen LogP contribution is 2.26. The average Bonchev–Trinajstić information content (AvgIpc) is 2.89. The zero-order valence-electron chi connectivity index (χ0n) is 11.5. The largest absolute Gasteiger partial charge is 0.348 e. The molecule has 0 saturated heterocycles. The Morgan fingerprint density at radius 3 is 2.84 bits per heavy atom. The van der Waals surface area contributed by atoms with Gasteiger partial charge in [0.05, 0.1) is 5.56 Å². The molecule has 3 rings (SSSR count). The van der Waals surface area contributed by atoms with E-state index in [9.17, 15) is 5.26 Å². The van der Waals surface area contributed by atoms with Crippen LogP contribution in [0.25, 0.3) is 5.65 Å². The predicted molar refractivity (Wildman–Crippen MR) is 73.1 cm³/mol. The number of nitrogens with one attached hydrogen (secondary N) is 1. The summed E-state index contributed by atoms with van der Waals surface area (Å²) in [5, 5.41) is 17.0. The SMILES string of the molecule is CC(C)(C)Nc1nc2c(C#N)cc3c(n2n1)CCC3. The fourth-order valence-corrected chi connectivity index (χ4v) is 2.53. The first kappa shape index (κ1) is 12.0. The van der Waals surface area contributed by atoms with Gasteiger partial charge in [-0.1, -0.05) is 0 Å². The first-order valence-electron chi connectivity index (χ1n) is 6.58. The van der Waals surface area contributed by atoms with E-state index in [-0.39, 0.29) is 5.54 Å². The van der Waals surface area contributed by atoms with Crippen molar-refractivity contribution in [2.45, 2.75) is 45.6 Å². The van der Waals surface area contributed by atoms with Crippen molar-refractivity contribution in [2.75, 3.05) is 5.32 Å². The number of nitriles is 1. The monoisotopic (exact) mass is 255 g/mol. The molecule has 0 aliphatic heterocycles. The zero-order chi connectivity index (χ0) is 13.6. The van der Waals surface area contributed by atoms with Crippen LogP contribution in [0.4, 0.5) is 5.95 Å². The van der Waals surface area contributed by atoms with Crippen molar-refractivity contribution in [3.05, 3.63) is 22.9 Å². The van der Waals surface area contributed by atoms with Gasteiger partial charge in [0.25, 0.3) is 0 Å². The summed E-state index contributed by atoms with van der Waals surface area (Å²) in [5.74, 6) is 0.587. The summed E-state index contributed by atoms with van der Waals surface area (Å²) in [5.41, 5.74) is 3.60. The van der Waals surface area contributed by atoms with Gasteiger partial charge in [0.1, 0.15) is 6.07 Å². The van der Waals surface area contributed by atoms with Gasteiger partial charge in [0, 0.05) is 11.2 Å². The average molecular weight is 255 g/mol. The van der Waals surface area contributed by atoms with Crippen LogP contribution in [0.5, 0.6) is 0 Å². The van der Waals surface area contributed by atoms with Crippen LogP contribution in [-0.4, -0.2) is 20.1 Å². The third kappa shape index (κ3) is 2.03. The molecule has 2 heterocycles. The summed E-state index contributed by atoms with van der Waals surface area (Å²) in [7, 11) is 0. The highest BCUT2D eigenvalue weighted by atomic mass is 15.4. The molecule has 0 radical (unpaired) electrons. The lowest BCUT2D eigenvalue weighted by Gasteiger charge is -2.18. The van der Waals surface area contributed by atoms with E-state index in [1.165, 1.54) is 11.3 Å². The summed E-state index contributed by atoms with van der Waals surface area (Å²) >= 11 is 0. The van der Waals surface area contributed by atoms with Gasteiger partial charge in [-0.05, 0) is 51.7 Å². The van der Waals surface area contributed by atoms with Gasteiger partial charge < -0.3 is 5.32 Å². The molecule has 0 bridgehead atoms. The van der Waals surface area contributed by atoms with Gasteiger partial charge in [0.2, 0.25) is 5.95 Å². The Balaban J connectivity index is 2.19. The lowest BCUT2D eigenvalue weighted by Crippen LogP contribution is -2.26. The molecule has 2 aromatic rings. The number of rotatable bonds is 1. The molecule has 1 aliphatic rings. The maximum Gasteiger partial charge on any atom is 0.243 e. The summed E-state index contributed by atoms with van der Waals surface area (Å²) < 4.78 is 1.84. The van der Waals surface area contributed by atoms with Crippen LogP contribution < -0.4 is 5.32 Å². The highest BCUT2D eigenvalue weighted by molar-refractivity contribution is 5.60. The minimum atomic E-state index is -0.0963. The Labute approximate surface area is 112 Å². The Morgan fingerprint density at radius 2 is 2.16 bits per heavy atom. The Kier molecular flexibility index (Phi) is 2.49. The number of fused-ring (bicyclic) bond motifs is 3. The van der Waals surface area contributed by atoms with E-state index in [1.54, 1.807) is 0 Å². The number of nitrogens with zero attached hydrogens (tertiary/aromatic N) is 4. The van der Waals surface area contributed by atoms with Gasteiger partial charge in [-0.25, -0.2) is 4.52 Å². The Bertz CT molecular complexity index is 684. The minimum Gasteiger partial charge on any atom is -0.348 e. The summed E-state index contributed by atoms with van der Waals surface area (Å²) in [4.78, 5) is 4.46. The topological polar surface area (TPSA) is 66.0 Å². The van der Waals surface area contributed by atoms with Crippen LogP contribution in [0.3, 0.4) is 0 Å². The molecular formula is C14H17N5. The molecule has 5 nitrogen and oxygen atoms in total. The van der Waals surface area contributed by atoms with E-state index < -0.39 is 0 Å². The van der Waals surface area contributed by atoms with Crippen LogP contribution in [0.1, 0.15) is 44.0 Å². The number of aryl methyl sites for hydroxylation is 2. The van der Waals surface area contributed by atoms with E-state index in [4.69, 9.17) is 0 Å². The van der Waals surface area contributed by atoms with Gasteiger partial charge in [-0.2, -0.15) is 10.2 Å². The van der Waals surface area contributed by atoms with Crippen LogP contribution in [0.15, 0.2) is 6.07 Å². The summed E-state index contributed by atoms with van der Waals surface area (Å²) in [6.07, 6.45) is 3.17. The van der Waals surface area contributed by atoms with Gasteiger partial charge in [0.15, 0.2) is 5.65 Å². The smallest absolute Gasteiger partial charge is 0.243 e. The molecule has 5 heteroatoms. The molecule has 0 spiro atoms. The van der Waals surface area contributed by atoms with Crippen molar-refractivity contribution in [3.8, 4) is 6.07 Å². The summed E-state index contributed by atoms with van der Waals surface area (Å²) in [6.45, 7) is 6.19. The predicted octanol–water partition coefficient (Wildman–Crippen LogP) is 2.30. The second-order valence-corrected chi connectivity index (χ2v) is 6.04. The van der Waals surface area contributed by atoms with Gasteiger partial charge >= 0.3 is 0 Å². The fraction of sp³-hybridized carbons (Fsp3) is 0.500. The van der Waals surface area contributed by atoms with E-state index >= 15 is 0 Å². The summed E-state index contributed by atoms with van der Waals surface area (Å²) in [6, 6.07) is 4.19. The first-order valence-corrected chi connectivity index (χ1v) is 6.58. The van der Waals surface area contributed by atoms with Gasteiger partial charge in [-0.3, -0.25) is 0 Å². The Hall–Kier alpha value is -2.09. The molecule has 0 amide bonds. The molecule has 19 heavy (non-hydrogen) atoms. The van der Waals surface area contributed by atoms with E-state index in [2.05, 4.69) is 42.2 Å². The molecule has 0 unspecified atom stereocenters. The maximum absolute atomic E-state index is 9.26.